The van der Waals surface area contributed by atoms with E-state index < -0.39 is 5.97 Å². The molecule has 1 saturated carbocycles. The van der Waals surface area contributed by atoms with Gasteiger partial charge in [-0.05, 0) is 38.1 Å². The Labute approximate surface area is 99.1 Å². The zero-order valence-electron chi connectivity index (χ0n) is 8.84. The molecule has 1 aliphatic rings. The second-order valence-electron chi connectivity index (χ2n) is 4.20. The predicted molar refractivity (Wildman–Crippen MR) is 64.0 cm³/mol. The molecule has 0 atom stereocenters. The summed E-state index contributed by atoms with van der Waals surface area (Å²) in [6, 6.07) is 0. The van der Waals surface area contributed by atoms with Gasteiger partial charge < -0.3 is 10.4 Å². The van der Waals surface area contributed by atoms with E-state index in [1.165, 1.54) is 0 Å². The van der Waals surface area contributed by atoms with Crippen molar-refractivity contribution in [3.63, 3.8) is 0 Å². The Hall–Kier alpha value is -0.350. The molecule has 0 spiro atoms. The Balaban J connectivity index is 2.14. The number of hydrogen-bond acceptors (Lipinski definition) is 2. The standard InChI is InChI=1S/C11H18BrNO2/c1-8(12)6-13-7-9-2-4-10(5-3-9)11(14)15/h9-10,13H,1-7H2,(H,14,15). The predicted octanol–water partition coefficient (Wildman–Crippen LogP) is 2.38. The fraction of sp³-hybridized carbons (Fsp3) is 0.727. The Morgan fingerprint density at radius 2 is 2.00 bits per heavy atom. The molecule has 0 aromatic carbocycles. The molecule has 0 unspecified atom stereocenters. The first-order valence-corrected chi connectivity index (χ1v) is 6.15. The van der Waals surface area contributed by atoms with Crippen molar-refractivity contribution < 1.29 is 9.90 Å². The molecule has 0 saturated heterocycles. The minimum absolute atomic E-state index is 0.104. The Morgan fingerprint density at radius 1 is 1.40 bits per heavy atom. The van der Waals surface area contributed by atoms with E-state index in [2.05, 4.69) is 27.8 Å². The SMILES string of the molecule is C=C(Br)CNCC1CCC(C(=O)O)CC1. The van der Waals surface area contributed by atoms with Crippen molar-refractivity contribution >= 4 is 21.9 Å². The zero-order valence-corrected chi connectivity index (χ0v) is 10.4. The average molecular weight is 276 g/mol. The molecular weight excluding hydrogens is 258 g/mol. The van der Waals surface area contributed by atoms with E-state index in [-0.39, 0.29) is 5.92 Å². The largest absolute Gasteiger partial charge is 0.481 e. The Bertz CT molecular complexity index is 232. The van der Waals surface area contributed by atoms with Crippen LogP contribution in [0.25, 0.3) is 0 Å². The fourth-order valence-electron chi connectivity index (χ4n) is 2.03. The molecule has 0 aromatic rings. The van der Waals surface area contributed by atoms with Gasteiger partial charge in [0, 0.05) is 11.0 Å². The van der Waals surface area contributed by atoms with Crippen LogP contribution in [0.15, 0.2) is 11.1 Å². The van der Waals surface area contributed by atoms with Crippen LogP contribution in [0, 0.1) is 11.8 Å². The van der Waals surface area contributed by atoms with Gasteiger partial charge in [0.1, 0.15) is 0 Å². The summed E-state index contributed by atoms with van der Waals surface area (Å²) in [6.07, 6.45) is 3.71. The third kappa shape index (κ3) is 4.80. The van der Waals surface area contributed by atoms with E-state index >= 15 is 0 Å². The van der Waals surface area contributed by atoms with Crippen LogP contribution < -0.4 is 5.32 Å². The van der Waals surface area contributed by atoms with Crippen LogP contribution in [0.3, 0.4) is 0 Å². The van der Waals surface area contributed by atoms with Crippen LogP contribution in [0.1, 0.15) is 25.7 Å². The maximum Gasteiger partial charge on any atom is 0.306 e. The van der Waals surface area contributed by atoms with Gasteiger partial charge in [0.25, 0.3) is 0 Å². The van der Waals surface area contributed by atoms with Crippen LogP contribution in [-0.2, 0) is 4.79 Å². The highest BCUT2D eigenvalue weighted by Gasteiger charge is 2.25. The average Bonchev–Trinajstić information content (AvgIpc) is 2.18. The van der Waals surface area contributed by atoms with Crippen LogP contribution in [0.5, 0.6) is 0 Å². The molecule has 0 radical (unpaired) electrons. The molecule has 86 valence electrons. The maximum atomic E-state index is 10.7. The number of carboxylic acids is 1. The molecule has 2 N–H and O–H groups in total. The van der Waals surface area contributed by atoms with Gasteiger partial charge in [-0.2, -0.15) is 0 Å². The lowest BCUT2D eigenvalue weighted by Crippen LogP contribution is -2.29. The van der Waals surface area contributed by atoms with Crippen molar-refractivity contribution in [1.82, 2.24) is 5.32 Å². The number of carbonyl (C=O) groups is 1. The molecule has 15 heavy (non-hydrogen) atoms. The minimum atomic E-state index is -0.629. The maximum absolute atomic E-state index is 10.7. The molecule has 1 rings (SSSR count). The highest BCUT2D eigenvalue weighted by Crippen LogP contribution is 2.28. The lowest BCUT2D eigenvalue weighted by molar-refractivity contribution is -0.143. The topological polar surface area (TPSA) is 49.3 Å². The number of nitrogens with one attached hydrogen (secondary N) is 1. The normalized spacial score (nSPS) is 26.2. The summed E-state index contributed by atoms with van der Waals surface area (Å²) in [5.41, 5.74) is 0. The Kier molecular flexibility index (Phi) is 5.32. The summed E-state index contributed by atoms with van der Waals surface area (Å²) in [5, 5.41) is 12.1. The van der Waals surface area contributed by atoms with E-state index in [4.69, 9.17) is 5.11 Å². The third-order valence-electron chi connectivity index (χ3n) is 2.95. The van der Waals surface area contributed by atoms with Crippen molar-refractivity contribution in [2.24, 2.45) is 11.8 Å². The summed E-state index contributed by atoms with van der Waals surface area (Å²) < 4.78 is 0.960. The van der Waals surface area contributed by atoms with E-state index in [1.807, 2.05) is 0 Å². The lowest BCUT2D eigenvalue weighted by Gasteiger charge is -2.26. The van der Waals surface area contributed by atoms with Gasteiger partial charge >= 0.3 is 5.97 Å². The highest BCUT2D eigenvalue weighted by molar-refractivity contribution is 9.11. The van der Waals surface area contributed by atoms with E-state index in [0.29, 0.717) is 5.92 Å². The van der Waals surface area contributed by atoms with E-state index in [9.17, 15) is 4.79 Å². The first kappa shape index (κ1) is 12.7. The van der Waals surface area contributed by atoms with Gasteiger partial charge in [0.15, 0.2) is 0 Å². The molecule has 0 aliphatic heterocycles. The summed E-state index contributed by atoms with van der Waals surface area (Å²) in [6.45, 7) is 5.51. The molecule has 0 aromatic heterocycles. The number of rotatable bonds is 5. The van der Waals surface area contributed by atoms with Gasteiger partial charge in [0.05, 0.1) is 5.92 Å². The molecule has 0 amide bonds. The number of halogens is 1. The van der Waals surface area contributed by atoms with Gasteiger partial charge in [-0.15, -0.1) is 0 Å². The zero-order chi connectivity index (χ0) is 11.3. The van der Waals surface area contributed by atoms with E-state index in [1.54, 1.807) is 0 Å². The van der Waals surface area contributed by atoms with Gasteiger partial charge in [-0.1, -0.05) is 22.5 Å². The molecule has 1 fully saturated rings. The second kappa shape index (κ2) is 6.28. The van der Waals surface area contributed by atoms with E-state index in [0.717, 1.165) is 43.3 Å². The number of aliphatic carboxylic acids is 1. The summed E-state index contributed by atoms with van der Waals surface area (Å²) in [7, 11) is 0. The highest BCUT2D eigenvalue weighted by atomic mass is 79.9. The van der Waals surface area contributed by atoms with Crippen molar-refractivity contribution in [3.05, 3.63) is 11.1 Å². The first-order valence-electron chi connectivity index (χ1n) is 5.36. The van der Waals surface area contributed by atoms with Crippen molar-refractivity contribution in [2.75, 3.05) is 13.1 Å². The quantitative estimate of drug-likeness (QED) is 0.810. The van der Waals surface area contributed by atoms with Gasteiger partial charge in [-0.3, -0.25) is 4.79 Å². The molecule has 0 heterocycles. The molecular formula is C11H18BrNO2. The number of hydrogen-bond donors (Lipinski definition) is 2. The second-order valence-corrected chi connectivity index (χ2v) is 5.33. The minimum Gasteiger partial charge on any atom is -0.481 e. The van der Waals surface area contributed by atoms with Gasteiger partial charge in [-0.25, -0.2) is 0 Å². The van der Waals surface area contributed by atoms with Crippen molar-refractivity contribution in [1.29, 1.82) is 0 Å². The first-order chi connectivity index (χ1) is 7.09. The van der Waals surface area contributed by atoms with Crippen molar-refractivity contribution in [3.8, 4) is 0 Å². The molecule has 4 heteroatoms. The van der Waals surface area contributed by atoms with Gasteiger partial charge in [0.2, 0.25) is 0 Å². The summed E-state index contributed by atoms with van der Waals surface area (Å²) in [5.74, 6) is -0.102. The monoisotopic (exact) mass is 275 g/mol. The fourth-order valence-corrected chi connectivity index (χ4v) is 2.22. The Morgan fingerprint density at radius 3 is 2.47 bits per heavy atom. The summed E-state index contributed by atoms with van der Waals surface area (Å²) >= 11 is 3.29. The van der Waals surface area contributed by atoms with Crippen LogP contribution >= 0.6 is 15.9 Å². The molecule has 0 bridgehead atoms. The van der Waals surface area contributed by atoms with Crippen LogP contribution in [0.2, 0.25) is 0 Å². The number of carboxylic acid groups (broad SMARTS) is 1. The smallest absolute Gasteiger partial charge is 0.306 e. The third-order valence-corrected chi connectivity index (χ3v) is 3.23. The van der Waals surface area contributed by atoms with Crippen molar-refractivity contribution in [2.45, 2.75) is 25.7 Å². The van der Waals surface area contributed by atoms with Crippen LogP contribution in [0.4, 0.5) is 0 Å². The lowest BCUT2D eigenvalue weighted by atomic mass is 9.82. The van der Waals surface area contributed by atoms with Crippen LogP contribution in [-0.4, -0.2) is 24.2 Å². The molecule has 1 aliphatic carbocycles. The summed E-state index contributed by atoms with van der Waals surface area (Å²) in [4.78, 5) is 10.7. The molecule has 3 nitrogen and oxygen atoms in total.